The highest BCUT2D eigenvalue weighted by Crippen LogP contribution is 2.57. The summed E-state index contributed by atoms with van der Waals surface area (Å²) in [5, 5.41) is 15.0. The van der Waals surface area contributed by atoms with Crippen LogP contribution in [-0.4, -0.2) is 28.1 Å². The van der Waals surface area contributed by atoms with E-state index in [1.807, 2.05) is 6.92 Å². The molecule has 3 aliphatic rings. The molecule has 1 aromatic rings. The normalized spacial score (nSPS) is 38.6. The van der Waals surface area contributed by atoms with E-state index >= 15 is 0 Å². The SMILES string of the molecule is C[C@H](C(=O)NC1CC1)[C@@H]1CC[C@@]2(C)Cc3sc(N)nc3[C@@H](C)[C@@H]2[C@H]1O. The number of aliphatic hydroxyl groups excluding tert-OH is 1. The summed E-state index contributed by atoms with van der Waals surface area (Å²) in [5.74, 6) is 0.304. The Kier molecular flexibility index (Phi) is 4.11. The first-order valence-corrected chi connectivity index (χ1v) is 10.4. The predicted octanol–water partition coefficient (Wildman–Crippen LogP) is 2.69. The Morgan fingerprint density at radius 2 is 2.16 bits per heavy atom. The average molecular weight is 364 g/mol. The van der Waals surface area contributed by atoms with Gasteiger partial charge in [-0.3, -0.25) is 4.79 Å². The molecule has 4 rings (SSSR count). The van der Waals surface area contributed by atoms with Gasteiger partial charge in [0, 0.05) is 22.8 Å². The highest BCUT2D eigenvalue weighted by molar-refractivity contribution is 7.15. The highest BCUT2D eigenvalue weighted by atomic mass is 32.1. The zero-order chi connectivity index (χ0) is 17.9. The van der Waals surface area contributed by atoms with Gasteiger partial charge >= 0.3 is 0 Å². The van der Waals surface area contributed by atoms with Crippen molar-refractivity contribution in [3.63, 3.8) is 0 Å². The third kappa shape index (κ3) is 2.87. The molecular weight excluding hydrogens is 334 g/mol. The second kappa shape index (κ2) is 5.95. The van der Waals surface area contributed by atoms with Crippen LogP contribution in [0.2, 0.25) is 0 Å². The molecule has 2 saturated carbocycles. The average Bonchev–Trinajstić information content (AvgIpc) is 3.27. The molecule has 0 unspecified atom stereocenters. The number of nitrogens with zero attached hydrogens (tertiary/aromatic N) is 1. The highest BCUT2D eigenvalue weighted by Gasteiger charge is 2.53. The lowest BCUT2D eigenvalue weighted by atomic mass is 9.53. The molecule has 138 valence electrons. The number of nitrogens with two attached hydrogens (primary N) is 1. The van der Waals surface area contributed by atoms with E-state index in [4.69, 9.17) is 5.73 Å². The van der Waals surface area contributed by atoms with Crippen LogP contribution in [-0.2, 0) is 11.2 Å². The van der Waals surface area contributed by atoms with Gasteiger partial charge in [0.15, 0.2) is 5.13 Å². The lowest BCUT2D eigenvalue weighted by Gasteiger charge is -2.53. The van der Waals surface area contributed by atoms with Gasteiger partial charge < -0.3 is 16.2 Å². The topological polar surface area (TPSA) is 88.2 Å². The molecule has 1 aromatic heterocycles. The van der Waals surface area contributed by atoms with E-state index in [0.717, 1.165) is 37.8 Å². The van der Waals surface area contributed by atoms with Gasteiger partial charge in [-0.25, -0.2) is 4.98 Å². The zero-order valence-electron chi connectivity index (χ0n) is 15.3. The van der Waals surface area contributed by atoms with Crippen molar-refractivity contribution in [2.45, 2.75) is 70.9 Å². The van der Waals surface area contributed by atoms with Crippen molar-refractivity contribution < 1.29 is 9.90 Å². The van der Waals surface area contributed by atoms with E-state index in [0.29, 0.717) is 11.2 Å². The van der Waals surface area contributed by atoms with Crippen molar-refractivity contribution in [3.8, 4) is 0 Å². The first kappa shape index (κ1) is 17.3. The fourth-order valence-electron chi connectivity index (χ4n) is 5.32. The van der Waals surface area contributed by atoms with E-state index in [1.165, 1.54) is 4.88 Å². The van der Waals surface area contributed by atoms with Crippen molar-refractivity contribution in [1.82, 2.24) is 10.3 Å². The van der Waals surface area contributed by atoms with Crippen LogP contribution in [0.3, 0.4) is 0 Å². The second-order valence-corrected chi connectivity index (χ2v) is 9.89. The Morgan fingerprint density at radius 3 is 2.84 bits per heavy atom. The number of hydrogen-bond acceptors (Lipinski definition) is 5. The first-order valence-electron chi connectivity index (χ1n) is 9.53. The number of carbonyl (C=O) groups excluding carboxylic acids is 1. The second-order valence-electron chi connectivity index (χ2n) is 8.77. The smallest absolute Gasteiger partial charge is 0.223 e. The van der Waals surface area contributed by atoms with Crippen LogP contribution in [0.4, 0.5) is 5.13 Å². The van der Waals surface area contributed by atoms with Crippen molar-refractivity contribution in [2.75, 3.05) is 5.73 Å². The van der Waals surface area contributed by atoms with Crippen LogP contribution in [0.1, 0.15) is 62.9 Å². The number of aromatic nitrogens is 1. The first-order chi connectivity index (χ1) is 11.8. The number of anilines is 1. The number of fused-ring (bicyclic) bond motifs is 2. The molecule has 4 N–H and O–H groups in total. The van der Waals surface area contributed by atoms with Gasteiger partial charge in [-0.2, -0.15) is 0 Å². The number of amides is 1. The third-order valence-electron chi connectivity index (χ3n) is 6.92. The number of hydrogen-bond donors (Lipinski definition) is 3. The third-order valence-corrected chi connectivity index (χ3v) is 7.82. The molecule has 0 bridgehead atoms. The molecule has 1 amide bonds. The van der Waals surface area contributed by atoms with Crippen LogP contribution in [0.25, 0.3) is 0 Å². The minimum atomic E-state index is -0.468. The predicted molar refractivity (Wildman–Crippen MR) is 99.3 cm³/mol. The number of nitrogens with one attached hydrogen (secondary N) is 1. The number of thiazole rings is 1. The van der Waals surface area contributed by atoms with Gasteiger partial charge in [-0.05, 0) is 49.4 Å². The molecule has 1 heterocycles. The maximum Gasteiger partial charge on any atom is 0.223 e. The van der Waals surface area contributed by atoms with Gasteiger partial charge in [-0.15, -0.1) is 11.3 Å². The van der Waals surface area contributed by atoms with E-state index < -0.39 is 6.10 Å². The van der Waals surface area contributed by atoms with Crippen molar-refractivity contribution in [3.05, 3.63) is 10.6 Å². The van der Waals surface area contributed by atoms with E-state index in [2.05, 4.69) is 24.1 Å². The van der Waals surface area contributed by atoms with Crippen LogP contribution >= 0.6 is 11.3 Å². The van der Waals surface area contributed by atoms with Gasteiger partial charge in [0.25, 0.3) is 0 Å². The molecule has 0 aliphatic heterocycles. The van der Waals surface area contributed by atoms with Crippen LogP contribution in [0.15, 0.2) is 0 Å². The van der Waals surface area contributed by atoms with Crippen molar-refractivity contribution in [2.24, 2.45) is 23.2 Å². The Morgan fingerprint density at radius 1 is 1.44 bits per heavy atom. The van der Waals surface area contributed by atoms with Gasteiger partial charge in [0.05, 0.1) is 11.8 Å². The minimum absolute atomic E-state index is 0.0248. The number of aliphatic hydroxyl groups is 1. The van der Waals surface area contributed by atoms with Gasteiger partial charge in [-0.1, -0.05) is 20.8 Å². The summed E-state index contributed by atoms with van der Waals surface area (Å²) in [6.45, 7) is 6.44. The molecule has 0 spiro atoms. The standard InChI is InChI=1S/C19H29N3O2S/c1-9(17(24)21-11-4-5-11)12-6-7-19(3)8-13-15(22-18(20)25-13)10(2)14(19)16(12)23/h9-12,14,16,23H,4-8H2,1-3H3,(H2,20,22)(H,21,24)/t9-,10-,12-,14+,16-,19-/m0/s1. The summed E-state index contributed by atoms with van der Waals surface area (Å²) in [6.07, 6.45) is 4.61. The molecule has 25 heavy (non-hydrogen) atoms. The lowest BCUT2D eigenvalue weighted by molar-refractivity contribution is -0.134. The van der Waals surface area contributed by atoms with E-state index in [-0.39, 0.29) is 35.0 Å². The molecule has 6 atom stereocenters. The number of nitrogen functional groups attached to an aromatic ring is 1. The van der Waals surface area contributed by atoms with Crippen molar-refractivity contribution >= 4 is 22.4 Å². The summed E-state index contributed by atoms with van der Waals surface area (Å²) in [5.41, 5.74) is 7.08. The molecule has 0 radical (unpaired) electrons. The minimum Gasteiger partial charge on any atom is -0.392 e. The van der Waals surface area contributed by atoms with Crippen molar-refractivity contribution in [1.29, 1.82) is 0 Å². The summed E-state index contributed by atoms with van der Waals surface area (Å²) in [7, 11) is 0. The van der Waals surface area contributed by atoms with E-state index in [9.17, 15) is 9.90 Å². The fourth-order valence-corrected chi connectivity index (χ4v) is 6.45. The summed E-state index contributed by atoms with van der Waals surface area (Å²) in [6, 6.07) is 0.370. The summed E-state index contributed by atoms with van der Waals surface area (Å²) in [4.78, 5) is 18.3. The van der Waals surface area contributed by atoms with Crippen LogP contribution in [0.5, 0.6) is 0 Å². The molecule has 2 fully saturated rings. The maximum absolute atomic E-state index is 12.5. The largest absolute Gasteiger partial charge is 0.392 e. The fraction of sp³-hybridized carbons (Fsp3) is 0.789. The van der Waals surface area contributed by atoms with Crippen LogP contribution in [0, 0.1) is 23.2 Å². The lowest BCUT2D eigenvalue weighted by Crippen LogP contribution is -2.53. The zero-order valence-corrected chi connectivity index (χ0v) is 16.1. The molecule has 3 aliphatic carbocycles. The molecule has 0 saturated heterocycles. The Labute approximate surface area is 153 Å². The molecule has 0 aromatic carbocycles. The molecule has 6 heteroatoms. The van der Waals surface area contributed by atoms with Gasteiger partial charge in [0.2, 0.25) is 5.91 Å². The number of rotatable bonds is 3. The summed E-state index contributed by atoms with van der Waals surface area (Å²) >= 11 is 1.60. The Bertz CT molecular complexity index is 686. The monoisotopic (exact) mass is 363 g/mol. The van der Waals surface area contributed by atoms with Gasteiger partial charge in [0.1, 0.15) is 0 Å². The quantitative estimate of drug-likeness (QED) is 0.770. The molecular formula is C19H29N3O2S. The Hall–Kier alpha value is -1.14. The van der Waals surface area contributed by atoms with Crippen LogP contribution < -0.4 is 11.1 Å². The number of carbonyl (C=O) groups is 1. The molecule has 5 nitrogen and oxygen atoms in total. The summed E-state index contributed by atoms with van der Waals surface area (Å²) < 4.78 is 0. The van der Waals surface area contributed by atoms with E-state index in [1.54, 1.807) is 11.3 Å². The maximum atomic E-state index is 12.5. The Balaban J connectivity index is 1.58.